The van der Waals surface area contributed by atoms with Crippen molar-refractivity contribution in [3.05, 3.63) is 82.2 Å². The lowest BCUT2D eigenvalue weighted by molar-refractivity contribution is 0.102. The molecule has 4 aromatic rings. The van der Waals surface area contributed by atoms with E-state index in [0.717, 1.165) is 32.7 Å². The van der Waals surface area contributed by atoms with Gasteiger partial charge in [0.15, 0.2) is 0 Å². The molecule has 0 bridgehead atoms. The molecule has 0 fully saturated rings. The molecule has 26 heavy (non-hydrogen) atoms. The van der Waals surface area contributed by atoms with E-state index in [-0.39, 0.29) is 5.91 Å². The highest BCUT2D eigenvalue weighted by molar-refractivity contribution is 7.19. The molecule has 0 aliphatic carbocycles. The van der Waals surface area contributed by atoms with Gasteiger partial charge in [0.1, 0.15) is 0 Å². The van der Waals surface area contributed by atoms with Crippen LogP contribution in [0, 0.1) is 6.92 Å². The number of nitrogens with one attached hydrogen (secondary N) is 1. The predicted molar refractivity (Wildman–Crippen MR) is 109 cm³/mol. The monoisotopic (exact) mass is 378 g/mol. The maximum absolute atomic E-state index is 12.9. The standard InChI is InChI=1S/C21H15ClN2OS/c1-13-6-8-14(9-7-13)23-21(25)16-12-18(19-10-11-20(22)26-19)24-17-5-3-2-4-15(16)17/h2-12H,1H3,(H,23,25). The van der Waals surface area contributed by atoms with Crippen LogP contribution in [0.5, 0.6) is 0 Å². The molecule has 2 aromatic heterocycles. The van der Waals surface area contributed by atoms with Crippen LogP contribution < -0.4 is 5.32 Å². The van der Waals surface area contributed by atoms with Gasteiger partial charge >= 0.3 is 0 Å². The molecule has 1 amide bonds. The summed E-state index contributed by atoms with van der Waals surface area (Å²) in [6.45, 7) is 2.01. The highest BCUT2D eigenvalue weighted by Gasteiger charge is 2.15. The van der Waals surface area contributed by atoms with Crippen LogP contribution in [0.25, 0.3) is 21.5 Å². The smallest absolute Gasteiger partial charge is 0.256 e. The van der Waals surface area contributed by atoms with Crippen molar-refractivity contribution in [1.82, 2.24) is 4.98 Å². The van der Waals surface area contributed by atoms with E-state index in [2.05, 4.69) is 5.32 Å². The van der Waals surface area contributed by atoms with Gasteiger partial charge in [-0.2, -0.15) is 0 Å². The molecule has 1 N–H and O–H groups in total. The van der Waals surface area contributed by atoms with Crippen LogP contribution >= 0.6 is 22.9 Å². The van der Waals surface area contributed by atoms with Crippen LogP contribution in [0.3, 0.4) is 0 Å². The molecule has 0 saturated carbocycles. The summed E-state index contributed by atoms with van der Waals surface area (Å²) >= 11 is 7.51. The molecular formula is C21H15ClN2OS. The molecule has 128 valence electrons. The van der Waals surface area contributed by atoms with Crippen molar-refractivity contribution in [3.63, 3.8) is 0 Å². The predicted octanol–water partition coefficient (Wildman–Crippen LogP) is 6.18. The summed E-state index contributed by atoms with van der Waals surface area (Å²) in [5, 5.41) is 3.79. The molecule has 0 radical (unpaired) electrons. The number of hydrogen-bond acceptors (Lipinski definition) is 3. The van der Waals surface area contributed by atoms with Crippen LogP contribution in [0.2, 0.25) is 4.34 Å². The fraction of sp³-hybridized carbons (Fsp3) is 0.0476. The van der Waals surface area contributed by atoms with E-state index in [1.807, 2.05) is 73.7 Å². The number of nitrogens with zero attached hydrogens (tertiary/aromatic N) is 1. The topological polar surface area (TPSA) is 42.0 Å². The summed E-state index contributed by atoms with van der Waals surface area (Å²) in [4.78, 5) is 18.6. The van der Waals surface area contributed by atoms with Gasteiger partial charge in [0.25, 0.3) is 5.91 Å². The number of carbonyl (C=O) groups excluding carboxylic acids is 1. The molecule has 0 aliphatic heterocycles. The molecule has 3 nitrogen and oxygen atoms in total. The van der Waals surface area contributed by atoms with E-state index < -0.39 is 0 Å². The Hall–Kier alpha value is -2.69. The lowest BCUT2D eigenvalue weighted by atomic mass is 10.1. The van der Waals surface area contributed by atoms with Gasteiger partial charge in [-0.1, -0.05) is 47.5 Å². The van der Waals surface area contributed by atoms with E-state index >= 15 is 0 Å². The van der Waals surface area contributed by atoms with Crippen LogP contribution in [0.15, 0.2) is 66.7 Å². The Labute approximate surface area is 160 Å². The van der Waals surface area contributed by atoms with Gasteiger partial charge in [-0.05, 0) is 43.3 Å². The number of benzene rings is 2. The number of aromatic nitrogens is 1. The number of hydrogen-bond donors (Lipinski definition) is 1. The molecule has 0 spiro atoms. The Kier molecular flexibility index (Phi) is 4.45. The molecule has 2 heterocycles. The van der Waals surface area contributed by atoms with Crippen molar-refractivity contribution < 1.29 is 4.79 Å². The number of aryl methyl sites for hydroxylation is 1. The Morgan fingerprint density at radius 3 is 2.54 bits per heavy atom. The van der Waals surface area contributed by atoms with Crippen LogP contribution in [0.1, 0.15) is 15.9 Å². The number of halogens is 1. The molecule has 2 aromatic carbocycles. The van der Waals surface area contributed by atoms with E-state index in [9.17, 15) is 4.79 Å². The second kappa shape index (κ2) is 6.90. The SMILES string of the molecule is Cc1ccc(NC(=O)c2cc(-c3ccc(Cl)s3)nc3ccccc23)cc1. The largest absolute Gasteiger partial charge is 0.322 e. The molecule has 0 unspecified atom stereocenters. The summed E-state index contributed by atoms with van der Waals surface area (Å²) in [6.07, 6.45) is 0. The first-order valence-electron chi connectivity index (χ1n) is 8.14. The zero-order valence-electron chi connectivity index (χ0n) is 14.0. The molecule has 4 rings (SSSR count). The molecule has 0 atom stereocenters. The van der Waals surface area contributed by atoms with E-state index in [4.69, 9.17) is 16.6 Å². The first kappa shape index (κ1) is 16.8. The van der Waals surface area contributed by atoms with Crippen molar-refractivity contribution in [2.45, 2.75) is 6.92 Å². The average Bonchev–Trinajstić information content (AvgIpc) is 3.09. The third kappa shape index (κ3) is 3.34. The van der Waals surface area contributed by atoms with Gasteiger partial charge < -0.3 is 5.32 Å². The van der Waals surface area contributed by atoms with Crippen molar-refractivity contribution >= 4 is 45.4 Å². The molecular weight excluding hydrogens is 364 g/mol. The van der Waals surface area contributed by atoms with Crippen LogP contribution in [-0.2, 0) is 0 Å². The van der Waals surface area contributed by atoms with Gasteiger partial charge in [-0.25, -0.2) is 4.98 Å². The third-order valence-corrected chi connectivity index (χ3v) is 5.35. The Morgan fingerprint density at radius 1 is 1.04 bits per heavy atom. The number of anilines is 1. The summed E-state index contributed by atoms with van der Waals surface area (Å²) in [6, 6.07) is 21.0. The van der Waals surface area contributed by atoms with E-state index in [1.54, 1.807) is 0 Å². The first-order valence-corrected chi connectivity index (χ1v) is 9.33. The Balaban J connectivity index is 1.79. The van der Waals surface area contributed by atoms with Gasteiger partial charge in [0.2, 0.25) is 0 Å². The van der Waals surface area contributed by atoms with Crippen molar-refractivity contribution in [2.75, 3.05) is 5.32 Å². The third-order valence-electron chi connectivity index (χ3n) is 4.10. The first-order chi connectivity index (χ1) is 12.6. The summed E-state index contributed by atoms with van der Waals surface area (Å²) in [7, 11) is 0. The van der Waals surface area contributed by atoms with Gasteiger partial charge in [-0.3, -0.25) is 4.79 Å². The van der Waals surface area contributed by atoms with Gasteiger partial charge in [0, 0.05) is 11.1 Å². The maximum Gasteiger partial charge on any atom is 0.256 e. The van der Waals surface area contributed by atoms with Crippen molar-refractivity contribution in [3.8, 4) is 10.6 Å². The Morgan fingerprint density at radius 2 is 1.81 bits per heavy atom. The normalized spacial score (nSPS) is 10.8. The number of pyridine rings is 1. The van der Waals surface area contributed by atoms with Crippen molar-refractivity contribution in [1.29, 1.82) is 0 Å². The lowest BCUT2D eigenvalue weighted by Crippen LogP contribution is -2.13. The van der Waals surface area contributed by atoms with Crippen molar-refractivity contribution in [2.24, 2.45) is 0 Å². The summed E-state index contributed by atoms with van der Waals surface area (Å²) in [5.41, 5.74) is 4.03. The number of fused-ring (bicyclic) bond motifs is 1. The average molecular weight is 379 g/mol. The number of para-hydroxylation sites is 1. The number of amides is 1. The fourth-order valence-electron chi connectivity index (χ4n) is 2.78. The number of carbonyl (C=O) groups is 1. The molecule has 0 saturated heterocycles. The Bertz CT molecular complexity index is 1100. The zero-order valence-corrected chi connectivity index (χ0v) is 15.6. The number of thiophene rings is 1. The maximum atomic E-state index is 12.9. The minimum absolute atomic E-state index is 0.156. The summed E-state index contributed by atoms with van der Waals surface area (Å²) < 4.78 is 0.695. The minimum Gasteiger partial charge on any atom is -0.322 e. The second-order valence-corrected chi connectivity index (χ2v) is 7.71. The second-order valence-electron chi connectivity index (χ2n) is 6.00. The fourth-order valence-corrected chi connectivity index (χ4v) is 3.78. The molecule has 5 heteroatoms. The minimum atomic E-state index is -0.156. The molecule has 0 aliphatic rings. The van der Waals surface area contributed by atoms with Crippen LogP contribution in [0.4, 0.5) is 5.69 Å². The highest BCUT2D eigenvalue weighted by Crippen LogP contribution is 2.32. The van der Waals surface area contributed by atoms with Gasteiger partial charge in [0.05, 0.1) is 26.0 Å². The number of rotatable bonds is 3. The van der Waals surface area contributed by atoms with Gasteiger partial charge in [-0.15, -0.1) is 11.3 Å². The highest BCUT2D eigenvalue weighted by atomic mass is 35.5. The lowest BCUT2D eigenvalue weighted by Gasteiger charge is -2.10. The van der Waals surface area contributed by atoms with E-state index in [1.165, 1.54) is 11.3 Å². The summed E-state index contributed by atoms with van der Waals surface area (Å²) in [5.74, 6) is -0.156. The zero-order chi connectivity index (χ0) is 18.1. The quantitative estimate of drug-likeness (QED) is 0.462. The van der Waals surface area contributed by atoms with E-state index in [0.29, 0.717) is 9.90 Å². The van der Waals surface area contributed by atoms with Crippen LogP contribution in [-0.4, -0.2) is 10.9 Å².